The number of imidazole rings is 3. The van der Waals surface area contributed by atoms with Gasteiger partial charge < -0.3 is 0 Å². The Morgan fingerprint density at radius 2 is 0.727 bits per heavy atom. The first kappa shape index (κ1) is 32.4. The van der Waals surface area contributed by atoms with Crippen molar-refractivity contribution in [3.05, 3.63) is 162 Å². The summed E-state index contributed by atoms with van der Waals surface area (Å²) < 4.78 is 6.53. The standard InChI is InChI=1S/C46H35N9/c1-28-14-5-8-20-38(28)53-41(50-35-17-11-23-47-44(35)53)32-26-33(42-51-36-18-12-24-48-45(36)54(42)39-21-9-6-15-29(39)2)31(4)34(27-32)43-52-37-19-13-25-49-46(37)55(43)40-22-10-7-16-30(40)3/h5-27H,1-4H3. The van der Waals surface area contributed by atoms with Crippen LogP contribution in [0.4, 0.5) is 0 Å². The highest BCUT2D eigenvalue weighted by atomic mass is 15.2. The van der Waals surface area contributed by atoms with Crippen molar-refractivity contribution in [2.75, 3.05) is 0 Å². The van der Waals surface area contributed by atoms with Gasteiger partial charge in [-0.3, -0.25) is 13.7 Å². The Morgan fingerprint density at radius 3 is 1.11 bits per heavy atom. The lowest BCUT2D eigenvalue weighted by Crippen LogP contribution is -2.06. The number of pyridine rings is 3. The topological polar surface area (TPSA) is 92.1 Å². The molecule has 9 heteroatoms. The van der Waals surface area contributed by atoms with Crippen LogP contribution < -0.4 is 0 Å². The molecule has 0 amide bonds. The molecule has 0 N–H and O–H groups in total. The smallest absolute Gasteiger partial charge is 0.164 e. The summed E-state index contributed by atoms with van der Waals surface area (Å²) in [5.74, 6) is 2.31. The van der Waals surface area contributed by atoms with E-state index in [9.17, 15) is 0 Å². The van der Waals surface area contributed by atoms with Crippen LogP contribution in [0.15, 0.2) is 140 Å². The molecule has 10 rings (SSSR count). The molecule has 0 fully saturated rings. The number of benzene rings is 4. The van der Waals surface area contributed by atoms with Crippen LogP contribution in [0.5, 0.6) is 0 Å². The number of aryl methyl sites for hydroxylation is 3. The molecule has 0 saturated carbocycles. The quantitative estimate of drug-likeness (QED) is 0.170. The molecule has 4 aromatic carbocycles. The fourth-order valence-electron chi connectivity index (χ4n) is 7.73. The summed E-state index contributed by atoms with van der Waals surface area (Å²) in [5.41, 5.74) is 14.9. The molecule has 55 heavy (non-hydrogen) atoms. The fraction of sp³-hybridized carbons (Fsp3) is 0.0870. The number of nitrogens with zero attached hydrogens (tertiary/aromatic N) is 9. The maximum absolute atomic E-state index is 5.33. The lowest BCUT2D eigenvalue weighted by Gasteiger charge is -2.19. The van der Waals surface area contributed by atoms with Crippen molar-refractivity contribution in [2.45, 2.75) is 27.7 Å². The minimum Gasteiger partial charge on any atom is -0.276 e. The first-order chi connectivity index (χ1) is 27.0. The molecule has 0 aliphatic rings. The SMILES string of the molecule is Cc1ccccc1-n1c(-c2cc(-c3nc4cccnc4n3-c3ccccc3C)c(C)c(-c3nc4cccnc4n3-c3ccccc3C)c2)nc2cccnc21. The number of hydrogen-bond donors (Lipinski definition) is 0. The van der Waals surface area contributed by atoms with E-state index in [0.29, 0.717) is 0 Å². The van der Waals surface area contributed by atoms with Crippen molar-refractivity contribution in [3.63, 3.8) is 0 Å². The van der Waals surface area contributed by atoms with Crippen molar-refractivity contribution in [1.29, 1.82) is 0 Å². The third-order valence-corrected chi connectivity index (χ3v) is 10.5. The van der Waals surface area contributed by atoms with Gasteiger partial charge in [0.05, 0.1) is 17.1 Å². The minimum absolute atomic E-state index is 0.763. The number of hydrogen-bond acceptors (Lipinski definition) is 6. The number of para-hydroxylation sites is 3. The second-order valence-electron chi connectivity index (χ2n) is 13.9. The molecule has 0 aliphatic heterocycles. The molecule has 0 atom stereocenters. The van der Waals surface area contributed by atoms with E-state index in [1.54, 1.807) is 0 Å². The van der Waals surface area contributed by atoms with E-state index in [-0.39, 0.29) is 0 Å². The first-order valence-electron chi connectivity index (χ1n) is 18.3. The van der Waals surface area contributed by atoms with Crippen molar-refractivity contribution in [2.24, 2.45) is 0 Å². The monoisotopic (exact) mass is 713 g/mol. The maximum Gasteiger partial charge on any atom is 0.164 e. The number of fused-ring (bicyclic) bond motifs is 3. The highest BCUT2D eigenvalue weighted by Gasteiger charge is 2.26. The van der Waals surface area contributed by atoms with E-state index in [1.807, 2.05) is 55.0 Å². The lowest BCUT2D eigenvalue weighted by molar-refractivity contribution is 1.04. The molecule has 9 nitrogen and oxygen atoms in total. The lowest BCUT2D eigenvalue weighted by atomic mass is 9.96. The van der Waals surface area contributed by atoms with E-state index in [2.05, 4.69) is 126 Å². The third kappa shape index (κ3) is 5.15. The van der Waals surface area contributed by atoms with Gasteiger partial charge >= 0.3 is 0 Å². The van der Waals surface area contributed by atoms with Crippen molar-refractivity contribution < 1.29 is 0 Å². The molecule has 0 unspecified atom stereocenters. The minimum atomic E-state index is 0.763. The van der Waals surface area contributed by atoms with E-state index < -0.39 is 0 Å². The van der Waals surface area contributed by atoms with E-state index >= 15 is 0 Å². The van der Waals surface area contributed by atoms with E-state index in [0.717, 1.165) is 107 Å². The predicted molar refractivity (Wildman–Crippen MR) is 219 cm³/mol. The van der Waals surface area contributed by atoms with Crippen LogP contribution in [-0.4, -0.2) is 43.6 Å². The molecule has 0 spiro atoms. The van der Waals surface area contributed by atoms with Gasteiger partial charge in [-0.2, -0.15) is 0 Å². The summed E-state index contributed by atoms with van der Waals surface area (Å²) in [7, 11) is 0. The molecular formula is C46H35N9. The average Bonchev–Trinajstić information content (AvgIpc) is 3.91. The molecule has 0 aliphatic carbocycles. The van der Waals surface area contributed by atoms with Crippen molar-refractivity contribution in [1.82, 2.24) is 43.6 Å². The van der Waals surface area contributed by atoms with Gasteiger partial charge in [-0.1, -0.05) is 54.6 Å². The molecule has 6 aromatic heterocycles. The van der Waals surface area contributed by atoms with E-state index in [4.69, 9.17) is 29.9 Å². The fourth-order valence-corrected chi connectivity index (χ4v) is 7.73. The zero-order chi connectivity index (χ0) is 37.2. The normalized spacial score (nSPS) is 11.6. The van der Waals surface area contributed by atoms with Gasteiger partial charge in [-0.05, 0) is 117 Å². The Bertz CT molecular complexity index is 2970. The molecular weight excluding hydrogens is 679 g/mol. The van der Waals surface area contributed by atoms with Gasteiger partial charge in [0.25, 0.3) is 0 Å². The summed E-state index contributed by atoms with van der Waals surface area (Å²) in [4.78, 5) is 30.6. The largest absolute Gasteiger partial charge is 0.276 e. The van der Waals surface area contributed by atoms with Crippen molar-refractivity contribution >= 4 is 33.5 Å². The summed E-state index contributed by atoms with van der Waals surface area (Å²) >= 11 is 0. The van der Waals surface area contributed by atoms with Crippen molar-refractivity contribution in [3.8, 4) is 51.2 Å². The number of rotatable bonds is 6. The third-order valence-electron chi connectivity index (χ3n) is 10.5. The maximum atomic E-state index is 5.33. The molecule has 264 valence electrons. The second kappa shape index (κ2) is 12.7. The molecule has 6 heterocycles. The van der Waals surface area contributed by atoms with E-state index in [1.165, 1.54) is 0 Å². The van der Waals surface area contributed by atoms with Gasteiger partial charge in [0.15, 0.2) is 16.9 Å². The van der Waals surface area contributed by atoms with Gasteiger partial charge in [0.1, 0.15) is 34.0 Å². The predicted octanol–water partition coefficient (Wildman–Crippen LogP) is 10.1. The average molecular weight is 714 g/mol. The van der Waals surface area contributed by atoms with Gasteiger partial charge in [-0.15, -0.1) is 0 Å². The van der Waals surface area contributed by atoms with Crippen LogP contribution in [0.3, 0.4) is 0 Å². The summed E-state index contributed by atoms with van der Waals surface area (Å²) in [6, 6.07) is 41.4. The van der Waals surface area contributed by atoms with Crippen LogP contribution in [0, 0.1) is 27.7 Å². The Balaban J connectivity index is 1.36. The van der Waals surface area contributed by atoms with Crippen LogP contribution in [0.1, 0.15) is 22.3 Å². The Labute approximate surface area is 317 Å². The van der Waals surface area contributed by atoms with Crippen LogP contribution >= 0.6 is 0 Å². The first-order valence-corrected chi connectivity index (χ1v) is 18.3. The molecule has 0 saturated heterocycles. The summed E-state index contributed by atoms with van der Waals surface area (Å²) in [6.45, 7) is 8.52. The highest BCUT2D eigenvalue weighted by Crippen LogP contribution is 2.41. The summed E-state index contributed by atoms with van der Waals surface area (Å²) in [5, 5.41) is 0. The van der Waals surface area contributed by atoms with Crippen LogP contribution in [0.2, 0.25) is 0 Å². The van der Waals surface area contributed by atoms with Crippen LogP contribution in [0.25, 0.3) is 84.7 Å². The highest BCUT2D eigenvalue weighted by molar-refractivity contribution is 5.90. The van der Waals surface area contributed by atoms with Crippen LogP contribution in [-0.2, 0) is 0 Å². The zero-order valence-electron chi connectivity index (χ0n) is 30.8. The Morgan fingerprint density at radius 1 is 0.382 bits per heavy atom. The summed E-state index contributed by atoms with van der Waals surface area (Å²) in [6.07, 6.45) is 5.47. The molecule has 0 bridgehead atoms. The molecule has 0 radical (unpaired) electrons. The Kier molecular flexibility index (Phi) is 7.48. The molecule has 10 aromatic rings. The Hall–Kier alpha value is -7.26. The van der Waals surface area contributed by atoms with Gasteiger partial charge in [0, 0.05) is 35.3 Å². The zero-order valence-corrected chi connectivity index (χ0v) is 30.8. The second-order valence-corrected chi connectivity index (χ2v) is 13.9. The van der Waals surface area contributed by atoms with Gasteiger partial charge in [0.2, 0.25) is 0 Å². The number of aromatic nitrogens is 9. The van der Waals surface area contributed by atoms with Gasteiger partial charge in [-0.25, -0.2) is 29.9 Å².